The number of benzene rings is 1. The highest BCUT2D eigenvalue weighted by Crippen LogP contribution is 2.35. The Labute approximate surface area is 280 Å². The molecule has 49 heavy (non-hydrogen) atoms. The van der Waals surface area contributed by atoms with Gasteiger partial charge in [-0.3, -0.25) is 14.0 Å². The van der Waals surface area contributed by atoms with Crippen molar-refractivity contribution in [1.82, 2.24) is 24.4 Å². The Bertz CT molecular complexity index is 2130. The smallest absolute Gasteiger partial charge is 0.407 e. The van der Waals surface area contributed by atoms with Gasteiger partial charge in [0, 0.05) is 31.9 Å². The number of amides is 2. The fourth-order valence-electron chi connectivity index (χ4n) is 5.98. The van der Waals surface area contributed by atoms with Gasteiger partial charge in [0.05, 0.1) is 40.8 Å². The zero-order valence-electron chi connectivity index (χ0n) is 27.2. The molecule has 260 valence electrons. The van der Waals surface area contributed by atoms with Crippen molar-refractivity contribution in [3.8, 4) is 16.9 Å². The van der Waals surface area contributed by atoms with E-state index in [1.54, 1.807) is 24.1 Å². The largest absolute Gasteiger partial charge is 0.465 e. The number of nitrogens with two attached hydrogens (primary N) is 1. The van der Waals surface area contributed by atoms with Crippen molar-refractivity contribution < 1.29 is 36.1 Å². The number of anilines is 1. The van der Waals surface area contributed by atoms with Crippen LogP contribution in [0.2, 0.25) is 0 Å². The van der Waals surface area contributed by atoms with E-state index in [9.17, 15) is 27.9 Å². The number of primary amides is 1. The van der Waals surface area contributed by atoms with Crippen molar-refractivity contribution in [1.29, 1.82) is 0 Å². The van der Waals surface area contributed by atoms with Crippen LogP contribution >= 0.6 is 0 Å². The molecule has 1 unspecified atom stereocenters. The van der Waals surface area contributed by atoms with Gasteiger partial charge >= 0.3 is 11.8 Å². The first-order chi connectivity index (χ1) is 23.1. The minimum Gasteiger partial charge on any atom is -0.465 e. The predicted octanol–water partition coefficient (Wildman–Crippen LogP) is 3.44. The van der Waals surface area contributed by atoms with Crippen molar-refractivity contribution in [2.75, 3.05) is 37.4 Å². The first-order valence-electron chi connectivity index (χ1n) is 15.4. The molecule has 0 spiro atoms. The molecule has 14 nitrogen and oxygen atoms in total. The quantitative estimate of drug-likeness (QED) is 0.182. The summed E-state index contributed by atoms with van der Waals surface area (Å²) in [6.45, 7) is 5.57. The van der Waals surface area contributed by atoms with Gasteiger partial charge < -0.3 is 20.6 Å². The van der Waals surface area contributed by atoms with Crippen molar-refractivity contribution in [3.63, 3.8) is 0 Å². The summed E-state index contributed by atoms with van der Waals surface area (Å²) in [7, 11) is -3.70. The minimum absolute atomic E-state index is 0.0356. The predicted molar refractivity (Wildman–Crippen MR) is 176 cm³/mol. The van der Waals surface area contributed by atoms with Crippen LogP contribution < -0.4 is 16.3 Å². The van der Waals surface area contributed by atoms with Gasteiger partial charge in [-0.1, -0.05) is 19.9 Å². The van der Waals surface area contributed by atoms with Gasteiger partial charge in [-0.25, -0.2) is 27.9 Å². The standard InChI is InChI=1S/C32H35F2N7O7S/c1-17(2)25-27(19(10-11-36-25)7-6-14-48-49(4,46)47)41-30-21(29(38-31(41)43)40-13-12-39(32(44)45)16-18(40)3)15-23(34)26(37-30)24-20(28(35)42)8-5-9-22(24)33/h5,8-11,15,17-18H,6-7,12-14,16H2,1-4H3,(H2,35,42)(H,44,45). The lowest BCUT2D eigenvalue weighted by molar-refractivity contribution is 0.1000. The number of halogens is 2. The second-order valence-electron chi connectivity index (χ2n) is 12.0. The number of rotatable bonds is 10. The van der Waals surface area contributed by atoms with Crippen LogP contribution in [-0.4, -0.2) is 88.5 Å². The lowest BCUT2D eigenvalue weighted by atomic mass is 10.0. The molecule has 5 rings (SSSR count). The van der Waals surface area contributed by atoms with Crippen LogP contribution in [0.15, 0.2) is 41.3 Å². The van der Waals surface area contributed by atoms with Gasteiger partial charge in [0.1, 0.15) is 17.3 Å². The first-order valence-corrected chi connectivity index (χ1v) is 17.2. The van der Waals surface area contributed by atoms with Gasteiger partial charge in [0.15, 0.2) is 11.5 Å². The lowest BCUT2D eigenvalue weighted by Gasteiger charge is -2.39. The summed E-state index contributed by atoms with van der Waals surface area (Å²) < 4.78 is 60.7. The minimum atomic E-state index is -3.70. The van der Waals surface area contributed by atoms with Crippen LogP contribution in [0.4, 0.5) is 19.4 Å². The molecule has 17 heteroatoms. The molecule has 1 atom stereocenters. The van der Waals surface area contributed by atoms with Crippen molar-refractivity contribution in [2.24, 2.45) is 5.73 Å². The summed E-state index contributed by atoms with van der Waals surface area (Å²) in [4.78, 5) is 54.5. The monoisotopic (exact) mass is 699 g/mol. The Morgan fingerprint density at radius 2 is 1.88 bits per heavy atom. The molecule has 4 heterocycles. The number of pyridine rings is 2. The Morgan fingerprint density at radius 3 is 2.51 bits per heavy atom. The van der Waals surface area contributed by atoms with E-state index in [2.05, 4.69) is 15.0 Å². The van der Waals surface area contributed by atoms with E-state index >= 15 is 8.78 Å². The molecule has 0 bridgehead atoms. The fraction of sp³-hybridized carbons (Fsp3) is 0.375. The molecular weight excluding hydrogens is 664 g/mol. The molecule has 3 aromatic heterocycles. The highest BCUT2D eigenvalue weighted by Gasteiger charge is 2.32. The molecule has 0 aliphatic carbocycles. The normalized spacial score (nSPS) is 15.3. The molecule has 1 saturated heterocycles. The maximum atomic E-state index is 16.2. The maximum absolute atomic E-state index is 16.2. The van der Waals surface area contributed by atoms with Gasteiger partial charge in [0.25, 0.3) is 10.1 Å². The number of aryl methyl sites for hydroxylation is 1. The average Bonchev–Trinajstić information content (AvgIpc) is 3.02. The lowest BCUT2D eigenvalue weighted by Crippen LogP contribution is -2.54. The Kier molecular flexibility index (Phi) is 9.96. The molecule has 1 aliphatic rings. The molecule has 1 fully saturated rings. The highest BCUT2D eigenvalue weighted by molar-refractivity contribution is 7.85. The number of nitrogens with zero attached hydrogens (tertiary/aromatic N) is 6. The van der Waals surface area contributed by atoms with Crippen molar-refractivity contribution in [3.05, 3.63) is 75.5 Å². The summed E-state index contributed by atoms with van der Waals surface area (Å²) in [5.41, 5.74) is 4.40. The van der Waals surface area contributed by atoms with E-state index in [0.29, 0.717) is 11.3 Å². The van der Waals surface area contributed by atoms with Gasteiger partial charge in [-0.2, -0.15) is 13.4 Å². The topological polar surface area (TPSA) is 191 Å². The van der Waals surface area contributed by atoms with E-state index in [1.807, 2.05) is 13.8 Å². The number of carbonyl (C=O) groups excluding carboxylic acids is 1. The maximum Gasteiger partial charge on any atom is 0.407 e. The zero-order valence-corrected chi connectivity index (χ0v) is 28.0. The molecule has 1 aromatic carbocycles. The fourth-order valence-corrected chi connectivity index (χ4v) is 6.41. The van der Waals surface area contributed by atoms with E-state index in [-0.39, 0.29) is 73.1 Å². The number of carboxylic acid groups (broad SMARTS) is 1. The molecule has 2 amide bonds. The SMILES string of the molecule is CC(C)c1nccc(CCCOS(C)(=O)=O)c1-n1c(=O)nc(N2CCN(C(=O)O)CC2C)c2cc(F)c(-c3c(F)cccc3C(N)=O)nc21. The number of aromatic nitrogens is 4. The van der Waals surface area contributed by atoms with Crippen LogP contribution in [0, 0.1) is 11.6 Å². The molecule has 0 radical (unpaired) electrons. The summed E-state index contributed by atoms with van der Waals surface area (Å²) in [5, 5.41) is 9.59. The van der Waals surface area contributed by atoms with Gasteiger partial charge in [-0.15, -0.1) is 0 Å². The Balaban J connectivity index is 1.83. The molecular formula is C32H35F2N7O7S. The van der Waals surface area contributed by atoms with Crippen molar-refractivity contribution >= 4 is 39.0 Å². The molecule has 4 aromatic rings. The van der Waals surface area contributed by atoms with Crippen LogP contribution in [0.1, 0.15) is 54.7 Å². The third-order valence-corrected chi connectivity index (χ3v) is 8.78. The number of carbonyl (C=O) groups is 2. The van der Waals surface area contributed by atoms with Crippen LogP contribution in [0.3, 0.4) is 0 Å². The molecule has 3 N–H and O–H groups in total. The third-order valence-electron chi connectivity index (χ3n) is 8.18. The van der Waals surface area contributed by atoms with E-state index in [1.165, 1.54) is 17.0 Å². The Hall–Kier alpha value is -5.03. The molecule has 1 aliphatic heterocycles. The van der Waals surface area contributed by atoms with E-state index < -0.39 is 56.7 Å². The summed E-state index contributed by atoms with van der Waals surface area (Å²) >= 11 is 0. The summed E-state index contributed by atoms with van der Waals surface area (Å²) in [5.74, 6) is -3.26. The van der Waals surface area contributed by atoms with E-state index in [0.717, 1.165) is 23.0 Å². The molecule has 0 saturated carbocycles. The number of hydrogen-bond acceptors (Lipinski definition) is 10. The summed E-state index contributed by atoms with van der Waals surface area (Å²) in [6.07, 6.45) is 1.82. The van der Waals surface area contributed by atoms with Gasteiger partial charge in [0.2, 0.25) is 5.91 Å². The second kappa shape index (κ2) is 13.8. The first kappa shape index (κ1) is 35.3. The van der Waals surface area contributed by atoms with Crippen LogP contribution in [-0.2, 0) is 20.7 Å². The number of fused-ring (bicyclic) bond motifs is 1. The third kappa shape index (κ3) is 7.22. The highest BCUT2D eigenvalue weighted by atomic mass is 32.2. The average molecular weight is 700 g/mol. The summed E-state index contributed by atoms with van der Waals surface area (Å²) in [6, 6.07) is 5.72. The van der Waals surface area contributed by atoms with Crippen LogP contribution in [0.25, 0.3) is 28.0 Å². The Morgan fingerprint density at radius 1 is 1.14 bits per heavy atom. The number of hydrogen-bond donors (Lipinski definition) is 2. The van der Waals surface area contributed by atoms with Crippen LogP contribution in [0.5, 0.6) is 0 Å². The zero-order chi connectivity index (χ0) is 35.8. The number of piperazine rings is 1. The van der Waals surface area contributed by atoms with Gasteiger partial charge in [-0.05, 0) is 55.5 Å². The second-order valence-corrected chi connectivity index (χ2v) is 13.7. The van der Waals surface area contributed by atoms with Crippen molar-refractivity contribution in [2.45, 2.75) is 45.6 Å². The van der Waals surface area contributed by atoms with E-state index in [4.69, 9.17) is 9.92 Å².